The van der Waals surface area contributed by atoms with Crippen LogP contribution in [0.1, 0.15) is 64.7 Å². The molecule has 2 fully saturated rings. The van der Waals surface area contributed by atoms with Gasteiger partial charge in [0.1, 0.15) is 5.54 Å². The van der Waals surface area contributed by atoms with E-state index in [9.17, 15) is 14.4 Å². The Morgan fingerprint density at radius 2 is 1.74 bits per heavy atom. The van der Waals surface area contributed by atoms with Crippen molar-refractivity contribution in [2.24, 2.45) is 5.92 Å². The molecule has 2 rings (SSSR count). The summed E-state index contributed by atoms with van der Waals surface area (Å²) >= 11 is 0. The van der Waals surface area contributed by atoms with Gasteiger partial charge in [0.05, 0.1) is 0 Å². The molecule has 27 heavy (non-hydrogen) atoms. The van der Waals surface area contributed by atoms with Crippen LogP contribution in [0.3, 0.4) is 0 Å². The topological polar surface area (TPSA) is 86.7 Å². The second-order valence-corrected chi connectivity index (χ2v) is 7.08. The number of nitrogens with zero attached hydrogens (tertiary/aromatic N) is 1. The second-order valence-electron chi connectivity index (χ2n) is 7.08. The Morgan fingerprint density at radius 1 is 1.19 bits per heavy atom. The summed E-state index contributed by atoms with van der Waals surface area (Å²) in [6.45, 7) is 12.1. The van der Waals surface area contributed by atoms with E-state index in [1.54, 1.807) is 11.8 Å². The molecule has 0 radical (unpaired) electrons. The molecule has 0 aromatic carbocycles. The largest absolute Gasteiger partial charge is 0.480 e. The third-order valence-electron chi connectivity index (χ3n) is 4.94. The maximum atomic E-state index is 11.6. The Hall–Kier alpha value is -2.11. The fourth-order valence-electron chi connectivity index (χ4n) is 2.84. The van der Waals surface area contributed by atoms with Gasteiger partial charge in [-0.05, 0) is 44.9 Å². The Balaban J connectivity index is 0.000000473. The number of amides is 2. The summed E-state index contributed by atoms with van der Waals surface area (Å²) in [4.78, 5) is 34.9. The molecule has 0 spiro atoms. The smallest absolute Gasteiger partial charge is 0.329 e. The van der Waals surface area contributed by atoms with E-state index in [0.717, 1.165) is 51.5 Å². The van der Waals surface area contributed by atoms with Crippen LogP contribution in [0.15, 0.2) is 25.8 Å². The zero-order valence-electron chi connectivity index (χ0n) is 17.0. The molecule has 6 heteroatoms. The highest BCUT2D eigenvalue weighted by molar-refractivity contribution is 5.90. The average molecular weight is 381 g/mol. The van der Waals surface area contributed by atoms with E-state index in [-0.39, 0.29) is 17.7 Å². The van der Waals surface area contributed by atoms with Crippen molar-refractivity contribution < 1.29 is 19.5 Å². The van der Waals surface area contributed by atoms with Gasteiger partial charge >= 0.3 is 5.97 Å². The molecule has 0 heterocycles. The van der Waals surface area contributed by atoms with Gasteiger partial charge in [0.15, 0.2) is 0 Å². The second kappa shape index (κ2) is 13.1. The van der Waals surface area contributed by atoms with E-state index in [4.69, 9.17) is 5.11 Å². The lowest BCUT2D eigenvalue weighted by Crippen LogP contribution is -2.45. The molecule has 0 unspecified atom stereocenters. The van der Waals surface area contributed by atoms with Crippen LogP contribution in [0.4, 0.5) is 0 Å². The monoisotopic (exact) mass is 380 g/mol. The third-order valence-corrected chi connectivity index (χ3v) is 4.94. The number of hydrogen-bond acceptors (Lipinski definition) is 3. The molecular weight excluding hydrogens is 344 g/mol. The van der Waals surface area contributed by atoms with Crippen molar-refractivity contribution >= 4 is 17.8 Å². The molecule has 2 aliphatic carbocycles. The first kappa shape index (κ1) is 24.9. The number of nitrogens with one attached hydrogen (secondary N) is 1. The van der Waals surface area contributed by atoms with Gasteiger partial charge in [-0.2, -0.15) is 0 Å². The highest BCUT2D eigenvalue weighted by Crippen LogP contribution is 2.36. The van der Waals surface area contributed by atoms with Crippen molar-refractivity contribution in [3.05, 3.63) is 25.8 Å². The summed E-state index contributed by atoms with van der Waals surface area (Å²) in [5.41, 5.74) is -0.903. The number of rotatable bonds is 8. The van der Waals surface area contributed by atoms with E-state index < -0.39 is 11.5 Å². The van der Waals surface area contributed by atoms with Crippen LogP contribution < -0.4 is 5.32 Å². The lowest BCUT2D eigenvalue weighted by Gasteiger charge is -2.15. The van der Waals surface area contributed by atoms with Crippen molar-refractivity contribution in [1.29, 1.82) is 0 Å². The molecule has 0 bridgehead atoms. The number of allylic oxidation sites excluding steroid dienone is 1. The van der Waals surface area contributed by atoms with Crippen LogP contribution in [-0.2, 0) is 14.4 Å². The molecular formula is C21H36N2O4. The minimum Gasteiger partial charge on any atom is -0.480 e. The van der Waals surface area contributed by atoms with Gasteiger partial charge < -0.3 is 15.3 Å². The molecule has 0 aliphatic heterocycles. The minimum atomic E-state index is -0.903. The molecule has 0 saturated heterocycles. The van der Waals surface area contributed by atoms with Crippen LogP contribution in [0.2, 0.25) is 0 Å². The number of carbonyl (C=O) groups is 3. The molecule has 2 aliphatic rings. The van der Waals surface area contributed by atoms with E-state index >= 15 is 0 Å². The third kappa shape index (κ3) is 9.40. The number of carbonyl (C=O) groups excluding carboxylic acids is 2. The first-order chi connectivity index (χ1) is 12.8. The van der Waals surface area contributed by atoms with Gasteiger partial charge in [0, 0.05) is 26.4 Å². The molecule has 2 N–H and O–H groups in total. The Kier molecular flexibility index (Phi) is 12.1. The molecule has 0 aromatic rings. The molecule has 0 aromatic heterocycles. The maximum Gasteiger partial charge on any atom is 0.329 e. The maximum absolute atomic E-state index is 11.6. The minimum absolute atomic E-state index is 0.0533. The van der Waals surface area contributed by atoms with Crippen LogP contribution in [0.25, 0.3) is 0 Å². The fourth-order valence-corrected chi connectivity index (χ4v) is 2.84. The molecule has 6 nitrogen and oxygen atoms in total. The number of hydrogen-bond donors (Lipinski definition) is 2. The van der Waals surface area contributed by atoms with E-state index in [0.29, 0.717) is 12.8 Å². The Labute approximate surface area is 163 Å². The van der Waals surface area contributed by atoms with Crippen molar-refractivity contribution in [3.8, 4) is 0 Å². The van der Waals surface area contributed by atoms with E-state index in [1.165, 1.54) is 0 Å². The van der Waals surface area contributed by atoms with Crippen LogP contribution >= 0.6 is 0 Å². The van der Waals surface area contributed by atoms with Crippen molar-refractivity contribution in [2.75, 3.05) is 13.6 Å². The highest BCUT2D eigenvalue weighted by Gasteiger charge is 2.52. The summed E-state index contributed by atoms with van der Waals surface area (Å²) in [5, 5.41) is 11.6. The van der Waals surface area contributed by atoms with E-state index in [1.807, 2.05) is 13.1 Å². The van der Waals surface area contributed by atoms with E-state index in [2.05, 4.69) is 25.1 Å². The van der Waals surface area contributed by atoms with Gasteiger partial charge in [-0.15, -0.1) is 19.7 Å². The summed E-state index contributed by atoms with van der Waals surface area (Å²) in [6, 6.07) is 0. The molecule has 2 amide bonds. The zero-order valence-corrected chi connectivity index (χ0v) is 17.0. The Bertz CT molecular complexity index is 494. The normalized spacial score (nSPS) is 16.7. The average Bonchev–Trinajstić information content (AvgIpc) is 3.22. The van der Waals surface area contributed by atoms with Gasteiger partial charge in [-0.3, -0.25) is 9.59 Å². The first-order valence-electron chi connectivity index (χ1n) is 9.70. The summed E-state index contributed by atoms with van der Waals surface area (Å²) in [5.74, 6) is -0.735. The van der Waals surface area contributed by atoms with Gasteiger partial charge in [-0.25, -0.2) is 4.79 Å². The quantitative estimate of drug-likeness (QED) is 0.498. The van der Waals surface area contributed by atoms with Crippen molar-refractivity contribution in [3.63, 3.8) is 0 Å². The van der Waals surface area contributed by atoms with Crippen molar-refractivity contribution in [1.82, 2.24) is 10.2 Å². The summed E-state index contributed by atoms with van der Waals surface area (Å²) < 4.78 is 0. The highest BCUT2D eigenvalue weighted by atomic mass is 16.4. The standard InChI is InChI=1S/C10H15NO3.C9H17NO.C2H4/c12-8(7-3-1-2-4-7)11-10(5-6-10)9(13)14;1-4-5-6-7-8-10(3)9(2)11;1-2/h7H,1-6H2,(H,11,12)(H,13,14);4H,1,5-8H2,2-3H3;1-2H2. The number of unbranched alkanes of at least 4 members (excludes halogenated alkanes) is 2. The van der Waals surface area contributed by atoms with Crippen molar-refractivity contribution in [2.45, 2.75) is 70.3 Å². The van der Waals surface area contributed by atoms with Gasteiger partial charge in [0.2, 0.25) is 11.8 Å². The number of aliphatic carboxylic acids is 1. The molecule has 0 atom stereocenters. The number of carboxylic acids is 1. The lowest BCUT2D eigenvalue weighted by molar-refractivity contribution is -0.143. The number of carboxylic acid groups (broad SMARTS) is 1. The zero-order chi connectivity index (χ0) is 20.9. The lowest BCUT2D eigenvalue weighted by atomic mass is 10.1. The fraction of sp³-hybridized carbons (Fsp3) is 0.667. The van der Waals surface area contributed by atoms with Gasteiger partial charge in [-0.1, -0.05) is 18.9 Å². The molecule has 2 saturated carbocycles. The van der Waals surface area contributed by atoms with Gasteiger partial charge in [0.25, 0.3) is 0 Å². The summed E-state index contributed by atoms with van der Waals surface area (Å²) in [6.07, 6.45) is 10.4. The van der Waals surface area contributed by atoms with Crippen LogP contribution in [-0.4, -0.2) is 46.9 Å². The van der Waals surface area contributed by atoms with Crippen LogP contribution in [0, 0.1) is 5.92 Å². The molecule has 154 valence electrons. The predicted octanol–water partition coefficient (Wildman–Crippen LogP) is 3.53. The van der Waals surface area contributed by atoms with Crippen LogP contribution in [0.5, 0.6) is 0 Å². The Morgan fingerprint density at radius 3 is 2.15 bits per heavy atom. The SMILES string of the molecule is C=C.C=CCCCCN(C)C(C)=O.O=C(NC1(C(=O)O)CC1)C1CCCC1. The first-order valence-corrected chi connectivity index (χ1v) is 9.70. The predicted molar refractivity (Wildman–Crippen MR) is 108 cm³/mol. The summed E-state index contributed by atoms with van der Waals surface area (Å²) in [7, 11) is 1.83.